The SMILES string of the molecule is CCC(CBr)Cc1cccc(Br)c1. The molecule has 0 nitrogen and oxygen atoms in total. The van der Waals surface area contributed by atoms with Gasteiger partial charge in [-0.25, -0.2) is 0 Å². The molecule has 13 heavy (non-hydrogen) atoms. The van der Waals surface area contributed by atoms with Crippen molar-refractivity contribution in [3.05, 3.63) is 34.3 Å². The molecule has 1 unspecified atom stereocenters. The first kappa shape index (κ1) is 11.3. The molecule has 1 aromatic carbocycles. The first-order valence-electron chi connectivity index (χ1n) is 4.56. The van der Waals surface area contributed by atoms with Gasteiger partial charge in [0.05, 0.1) is 0 Å². The first-order valence-corrected chi connectivity index (χ1v) is 6.48. The van der Waals surface area contributed by atoms with Crippen LogP contribution in [0.1, 0.15) is 18.9 Å². The number of alkyl halides is 1. The molecule has 0 saturated heterocycles. The van der Waals surface area contributed by atoms with E-state index in [4.69, 9.17) is 0 Å². The van der Waals surface area contributed by atoms with Crippen LogP contribution in [0.25, 0.3) is 0 Å². The largest absolute Gasteiger partial charge is 0.0925 e. The Morgan fingerprint density at radius 3 is 2.69 bits per heavy atom. The Kier molecular flexibility index (Phi) is 5.04. The van der Waals surface area contributed by atoms with Crippen LogP contribution in [0.15, 0.2) is 28.7 Å². The van der Waals surface area contributed by atoms with Gasteiger partial charge in [0.2, 0.25) is 0 Å². The molecule has 1 aromatic rings. The van der Waals surface area contributed by atoms with Gasteiger partial charge in [0.1, 0.15) is 0 Å². The molecule has 72 valence electrons. The Morgan fingerprint density at radius 2 is 2.15 bits per heavy atom. The van der Waals surface area contributed by atoms with Crippen molar-refractivity contribution in [3.63, 3.8) is 0 Å². The summed E-state index contributed by atoms with van der Waals surface area (Å²) in [5.74, 6) is 0.759. The Morgan fingerprint density at radius 1 is 1.38 bits per heavy atom. The van der Waals surface area contributed by atoms with Crippen molar-refractivity contribution in [3.8, 4) is 0 Å². The lowest BCUT2D eigenvalue weighted by Crippen LogP contribution is -2.04. The van der Waals surface area contributed by atoms with E-state index in [2.05, 4.69) is 63.0 Å². The smallest absolute Gasteiger partial charge is 0.0177 e. The van der Waals surface area contributed by atoms with Gasteiger partial charge in [-0.1, -0.05) is 57.3 Å². The van der Waals surface area contributed by atoms with Gasteiger partial charge < -0.3 is 0 Å². The fraction of sp³-hybridized carbons (Fsp3) is 0.455. The van der Waals surface area contributed by atoms with E-state index in [0.29, 0.717) is 0 Å². The molecule has 1 rings (SSSR count). The first-order chi connectivity index (χ1) is 6.26. The van der Waals surface area contributed by atoms with E-state index in [-0.39, 0.29) is 0 Å². The molecule has 0 aromatic heterocycles. The summed E-state index contributed by atoms with van der Waals surface area (Å²) >= 11 is 7.02. The van der Waals surface area contributed by atoms with E-state index in [0.717, 1.165) is 11.2 Å². The van der Waals surface area contributed by atoms with Crippen molar-refractivity contribution >= 4 is 31.9 Å². The highest BCUT2D eigenvalue weighted by molar-refractivity contribution is 9.10. The highest BCUT2D eigenvalue weighted by Crippen LogP contribution is 2.17. The summed E-state index contributed by atoms with van der Waals surface area (Å²) in [6, 6.07) is 8.56. The zero-order chi connectivity index (χ0) is 9.68. The normalized spacial score (nSPS) is 12.8. The lowest BCUT2D eigenvalue weighted by Gasteiger charge is -2.10. The van der Waals surface area contributed by atoms with Crippen LogP contribution in [0, 0.1) is 5.92 Å². The van der Waals surface area contributed by atoms with Gasteiger partial charge in [-0.05, 0) is 30.0 Å². The number of benzene rings is 1. The monoisotopic (exact) mass is 304 g/mol. The second-order valence-electron chi connectivity index (χ2n) is 3.26. The molecular weight excluding hydrogens is 292 g/mol. The summed E-state index contributed by atoms with van der Waals surface area (Å²) in [4.78, 5) is 0. The molecule has 0 aliphatic rings. The van der Waals surface area contributed by atoms with Crippen LogP contribution < -0.4 is 0 Å². The number of halogens is 2. The number of rotatable bonds is 4. The van der Waals surface area contributed by atoms with Gasteiger partial charge in [0.15, 0.2) is 0 Å². The Balaban J connectivity index is 2.62. The zero-order valence-corrected chi connectivity index (χ0v) is 10.9. The van der Waals surface area contributed by atoms with Crippen molar-refractivity contribution in [2.45, 2.75) is 19.8 Å². The van der Waals surface area contributed by atoms with Gasteiger partial charge in [-0.15, -0.1) is 0 Å². The minimum absolute atomic E-state index is 0.759. The van der Waals surface area contributed by atoms with Crippen molar-refractivity contribution in [2.75, 3.05) is 5.33 Å². The topological polar surface area (TPSA) is 0 Å². The van der Waals surface area contributed by atoms with Gasteiger partial charge >= 0.3 is 0 Å². The minimum atomic E-state index is 0.759. The molecule has 0 aliphatic carbocycles. The molecule has 0 heterocycles. The van der Waals surface area contributed by atoms with Crippen LogP contribution in [0.5, 0.6) is 0 Å². The van der Waals surface area contributed by atoms with Crippen LogP contribution in [-0.4, -0.2) is 5.33 Å². The van der Waals surface area contributed by atoms with E-state index >= 15 is 0 Å². The van der Waals surface area contributed by atoms with E-state index in [9.17, 15) is 0 Å². The molecule has 0 spiro atoms. The quantitative estimate of drug-likeness (QED) is 0.723. The maximum Gasteiger partial charge on any atom is 0.0177 e. The fourth-order valence-corrected chi connectivity index (χ4v) is 2.44. The van der Waals surface area contributed by atoms with Crippen molar-refractivity contribution in [1.29, 1.82) is 0 Å². The van der Waals surface area contributed by atoms with E-state index in [1.165, 1.54) is 22.9 Å². The van der Waals surface area contributed by atoms with Crippen molar-refractivity contribution in [1.82, 2.24) is 0 Å². The predicted molar refractivity (Wildman–Crippen MR) is 65.4 cm³/mol. The van der Waals surface area contributed by atoms with Crippen LogP contribution in [0.2, 0.25) is 0 Å². The van der Waals surface area contributed by atoms with Gasteiger partial charge in [0, 0.05) is 9.80 Å². The van der Waals surface area contributed by atoms with Gasteiger partial charge in [-0.2, -0.15) is 0 Å². The van der Waals surface area contributed by atoms with Crippen molar-refractivity contribution < 1.29 is 0 Å². The maximum atomic E-state index is 3.54. The Hall–Kier alpha value is 0.180. The van der Waals surface area contributed by atoms with Crippen LogP contribution in [-0.2, 0) is 6.42 Å². The summed E-state index contributed by atoms with van der Waals surface area (Å²) in [6.45, 7) is 2.24. The second kappa shape index (κ2) is 5.82. The summed E-state index contributed by atoms with van der Waals surface area (Å²) < 4.78 is 1.18. The molecule has 2 heteroatoms. The zero-order valence-electron chi connectivity index (χ0n) is 7.76. The Bertz CT molecular complexity index is 254. The molecule has 0 amide bonds. The van der Waals surface area contributed by atoms with E-state index in [1.54, 1.807) is 0 Å². The summed E-state index contributed by atoms with van der Waals surface area (Å²) in [7, 11) is 0. The molecule has 0 saturated carbocycles. The highest BCUT2D eigenvalue weighted by Gasteiger charge is 2.05. The third kappa shape index (κ3) is 3.82. The second-order valence-corrected chi connectivity index (χ2v) is 4.83. The molecule has 1 atom stereocenters. The van der Waals surface area contributed by atoms with Crippen LogP contribution in [0.3, 0.4) is 0 Å². The summed E-state index contributed by atoms with van der Waals surface area (Å²) in [5.41, 5.74) is 1.42. The number of hydrogen-bond donors (Lipinski definition) is 0. The highest BCUT2D eigenvalue weighted by atomic mass is 79.9. The molecular formula is C11H14Br2. The third-order valence-electron chi connectivity index (χ3n) is 2.21. The van der Waals surface area contributed by atoms with Crippen LogP contribution >= 0.6 is 31.9 Å². The fourth-order valence-electron chi connectivity index (χ4n) is 1.31. The Labute approximate surface area is 97.0 Å². The molecule has 0 fully saturated rings. The minimum Gasteiger partial charge on any atom is -0.0925 e. The lowest BCUT2D eigenvalue weighted by molar-refractivity contribution is 0.573. The molecule has 0 radical (unpaired) electrons. The summed E-state index contributed by atoms with van der Waals surface area (Å²) in [5, 5.41) is 1.09. The lowest BCUT2D eigenvalue weighted by atomic mass is 9.99. The van der Waals surface area contributed by atoms with Gasteiger partial charge in [-0.3, -0.25) is 0 Å². The van der Waals surface area contributed by atoms with Gasteiger partial charge in [0.25, 0.3) is 0 Å². The van der Waals surface area contributed by atoms with E-state index in [1.807, 2.05) is 0 Å². The summed E-state index contributed by atoms with van der Waals surface area (Å²) in [6.07, 6.45) is 2.40. The third-order valence-corrected chi connectivity index (χ3v) is 3.62. The standard InChI is InChI=1S/C11H14Br2/c1-2-9(8-12)6-10-4-3-5-11(13)7-10/h3-5,7,9H,2,6,8H2,1H3. The molecule has 0 aliphatic heterocycles. The predicted octanol–water partition coefficient (Wildman–Crippen LogP) is 4.41. The van der Waals surface area contributed by atoms with E-state index < -0.39 is 0 Å². The average Bonchev–Trinajstić information content (AvgIpc) is 2.14. The number of hydrogen-bond acceptors (Lipinski definition) is 0. The van der Waals surface area contributed by atoms with Crippen molar-refractivity contribution in [2.24, 2.45) is 5.92 Å². The van der Waals surface area contributed by atoms with Crippen LogP contribution in [0.4, 0.5) is 0 Å². The average molecular weight is 306 g/mol. The molecule has 0 N–H and O–H groups in total. The maximum absolute atomic E-state index is 3.54. The molecule has 0 bridgehead atoms.